The number of ether oxygens (including phenoxy) is 2. The van der Waals surface area contributed by atoms with Crippen LogP contribution in [-0.2, 0) is 14.8 Å². The SMILES string of the molecule is CSCCC(NS(=O)(=O)c1ccc2c(c1)OCCO2)C(=O)Nc1ccc2oc(C)nc2c1. The number of benzene rings is 2. The minimum atomic E-state index is -3.98. The van der Waals surface area contributed by atoms with Crippen LogP contribution in [-0.4, -0.2) is 50.6 Å². The summed E-state index contributed by atoms with van der Waals surface area (Å²) in [4.78, 5) is 17.2. The fraction of sp³-hybridized carbons (Fsp3) is 0.333. The number of sulfonamides is 1. The van der Waals surface area contributed by atoms with Gasteiger partial charge in [0.05, 0.1) is 4.90 Å². The Morgan fingerprint density at radius 3 is 2.72 bits per heavy atom. The second-order valence-corrected chi connectivity index (χ2v) is 9.87. The van der Waals surface area contributed by atoms with E-state index in [-0.39, 0.29) is 4.90 Å². The maximum atomic E-state index is 13.0. The molecule has 3 aromatic rings. The number of oxazole rings is 1. The van der Waals surface area contributed by atoms with Gasteiger partial charge in [-0.2, -0.15) is 16.5 Å². The standard InChI is InChI=1S/C21H23N3O6S2/c1-13-22-17-11-14(3-5-18(17)30-13)23-21(25)16(7-10-31-2)24-32(26,27)15-4-6-19-20(12-15)29-9-8-28-19/h3-6,11-12,16,24H,7-10H2,1-2H3,(H,23,25). The van der Waals surface area contributed by atoms with E-state index in [2.05, 4.69) is 15.0 Å². The molecule has 1 aliphatic heterocycles. The molecule has 0 radical (unpaired) electrons. The monoisotopic (exact) mass is 477 g/mol. The Labute approximate surface area is 189 Å². The molecule has 9 nitrogen and oxygen atoms in total. The summed E-state index contributed by atoms with van der Waals surface area (Å²) in [6.45, 7) is 2.50. The van der Waals surface area contributed by atoms with Gasteiger partial charge in [0.25, 0.3) is 0 Å². The van der Waals surface area contributed by atoms with Crippen molar-refractivity contribution in [3.63, 3.8) is 0 Å². The van der Waals surface area contributed by atoms with Crippen LogP contribution in [0.15, 0.2) is 45.7 Å². The van der Waals surface area contributed by atoms with E-state index in [1.165, 1.54) is 23.9 Å². The second kappa shape index (κ2) is 9.39. The third kappa shape index (κ3) is 5.00. The van der Waals surface area contributed by atoms with Crippen LogP contribution in [0.2, 0.25) is 0 Å². The van der Waals surface area contributed by atoms with Crippen LogP contribution in [0.5, 0.6) is 11.5 Å². The third-order valence-electron chi connectivity index (χ3n) is 4.81. The Bertz CT molecular complexity index is 1240. The number of carbonyl (C=O) groups excluding carboxylic acids is 1. The molecule has 0 saturated heterocycles. The van der Waals surface area contributed by atoms with Gasteiger partial charge in [-0.1, -0.05) is 0 Å². The second-order valence-electron chi connectivity index (χ2n) is 7.17. The van der Waals surface area contributed by atoms with E-state index in [1.807, 2.05) is 6.26 Å². The van der Waals surface area contributed by atoms with E-state index < -0.39 is 22.0 Å². The van der Waals surface area contributed by atoms with E-state index in [1.54, 1.807) is 31.2 Å². The van der Waals surface area contributed by atoms with Crippen molar-refractivity contribution in [2.75, 3.05) is 30.5 Å². The lowest BCUT2D eigenvalue weighted by molar-refractivity contribution is -0.117. The maximum Gasteiger partial charge on any atom is 0.242 e. The number of aryl methyl sites for hydroxylation is 1. The Kier molecular flexibility index (Phi) is 6.58. The maximum absolute atomic E-state index is 13.0. The number of nitrogens with zero attached hydrogens (tertiary/aromatic N) is 1. The molecule has 1 unspecified atom stereocenters. The molecule has 32 heavy (non-hydrogen) atoms. The molecular formula is C21H23N3O6S2. The number of fused-ring (bicyclic) bond motifs is 2. The van der Waals surface area contributed by atoms with Crippen LogP contribution in [0, 0.1) is 6.92 Å². The lowest BCUT2D eigenvalue weighted by Gasteiger charge is -2.21. The molecular weight excluding hydrogens is 454 g/mol. The molecule has 0 bridgehead atoms. The van der Waals surface area contributed by atoms with E-state index in [0.717, 1.165) is 0 Å². The molecule has 2 aromatic carbocycles. The van der Waals surface area contributed by atoms with Crippen molar-refractivity contribution < 1.29 is 27.1 Å². The summed E-state index contributed by atoms with van der Waals surface area (Å²) in [5.41, 5.74) is 1.72. The highest BCUT2D eigenvalue weighted by atomic mass is 32.2. The first-order chi connectivity index (χ1) is 15.4. The number of amides is 1. The normalized spacial score (nSPS) is 14.3. The lowest BCUT2D eigenvalue weighted by atomic mass is 10.2. The number of hydrogen-bond acceptors (Lipinski definition) is 8. The van der Waals surface area contributed by atoms with Crippen molar-refractivity contribution >= 4 is 44.5 Å². The van der Waals surface area contributed by atoms with Gasteiger partial charge in [0.2, 0.25) is 15.9 Å². The van der Waals surface area contributed by atoms with Crippen molar-refractivity contribution in [1.29, 1.82) is 0 Å². The van der Waals surface area contributed by atoms with Gasteiger partial charge in [-0.3, -0.25) is 4.79 Å². The zero-order valence-electron chi connectivity index (χ0n) is 17.6. The highest BCUT2D eigenvalue weighted by molar-refractivity contribution is 7.98. The highest BCUT2D eigenvalue weighted by Gasteiger charge is 2.27. The molecule has 170 valence electrons. The van der Waals surface area contributed by atoms with Crippen molar-refractivity contribution in [3.05, 3.63) is 42.3 Å². The number of aromatic nitrogens is 1. The molecule has 0 fully saturated rings. The number of rotatable bonds is 8. The van der Waals surface area contributed by atoms with Gasteiger partial charge in [0.1, 0.15) is 24.8 Å². The Balaban J connectivity index is 1.53. The number of carbonyl (C=O) groups is 1. The van der Waals surface area contributed by atoms with E-state index in [4.69, 9.17) is 13.9 Å². The Morgan fingerprint density at radius 2 is 1.94 bits per heavy atom. The van der Waals surface area contributed by atoms with Crippen molar-refractivity contribution in [2.45, 2.75) is 24.3 Å². The van der Waals surface area contributed by atoms with Crippen LogP contribution >= 0.6 is 11.8 Å². The molecule has 0 saturated carbocycles. The summed E-state index contributed by atoms with van der Waals surface area (Å²) in [7, 11) is -3.98. The first-order valence-corrected chi connectivity index (χ1v) is 12.8. The van der Waals surface area contributed by atoms with Gasteiger partial charge in [0, 0.05) is 18.7 Å². The van der Waals surface area contributed by atoms with Gasteiger partial charge < -0.3 is 19.2 Å². The quantitative estimate of drug-likeness (QED) is 0.508. The molecule has 1 atom stereocenters. The Morgan fingerprint density at radius 1 is 1.16 bits per heavy atom. The lowest BCUT2D eigenvalue weighted by Crippen LogP contribution is -2.44. The van der Waals surface area contributed by atoms with Crippen LogP contribution in [0.25, 0.3) is 11.1 Å². The number of thioether (sulfide) groups is 1. The van der Waals surface area contributed by atoms with Gasteiger partial charge in [0.15, 0.2) is 23.0 Å². The van der Waals surface area contributed by atoms with Gasteiger partial charge in [-0.05, 0) is 48.8 Å². The summed E-state index contributed by atoms with van der Waals surface area (Å²) in [6, 6.07) is 8.50. The molecule has 11 heteroatoms. The first kappa shape index (κ1) is 22.4. The predicted octanol–water partition coefficient (Wildman–Crippen LogP) is 2.95. The fourth-order valence-corrected chi connectivity index (χ4v) is 4.99. The van der Waals surface area contributed by atoms with Crippen LogP contribution in [0.4, 0.5) is 5.69 Å². The summed E-state index contributed by atoms with van der Waals surface area (Å²) in [5.74, 6) is 1.52. The molecule has 2 heterocycles. The van der Waals surface area contributed by atoms with Crippen molar-refractivity contribution in [3.8, 4) is 11.5 Å². The molecule has 0 aliphatic carbocycles. The molecule has 0 spiro atoms. The number of anilines is 1. The summed E-state index contributed by atoms with van der Waals surface area (Å²) in [6.07, 6.45) is 2.22. The highest BCUT2D eigenvalue weighted by Crippen LogP contribution is 2.32. The minimum Gasteiger partial charge on any atom is -0.486 e. The average Bonchev–Trinajstić information content (AvgIpc) is 3.15. The zero-order chi connectivity index (χ0) is 22.7. The molecule has 2 N–H and O–H groups in total. The van der Waals surface area contributed by atoms with Gasteiger partial charge in [-0.15, -0.1) is 0 Å². The molecule has 1 aliphatic rings. The van der Waals surface area contributed by atoms with Gasteiger partial charge >= 0.3 is 0 Å². The average molecular weight is 478 g/mol. The van der Waals surface area contributed by atoms with E-state index in [9.17, 15) is 13.2 Å². The Hall–Kier alpha value is -2.76. The van der Waals surface area contributed by atoms with Crippen LogP contribution < -0.4 is 19.5 Å². The number of nitrogens with one attached hydrogen (secondary N) is 2. The van der Waals surface area contributed by atoms with Crippen molar-refractivity contribution in [2.24, 2.45) is 0 Å². The zero-order valence-corrected chi connectivity index (χ0v) is 19.2. The molecule has 1 amide bonds. The van der Waals surface area contributed by atoms with E-state index in [0.29, 0.717) is 59.6 Å². The van der Waals surface area contributed by atoms with Crippen molar-refractivity contribution in [1.82, 2.24) is 9.71 Å². The topological polar surface area (TPSA) is 120 Å². The summed E-state index contributed by atoms with van der Waals surface area (Å²) in [5, 5.41) is 2.77. The largest absolute Gasteiger partial charge is 0.486 e. The number of hydrogen-bond donors (Lipinski definition) is 2. The fourth-order valence-electron chi connectivity index (χ4n) is 3.28. The molecule has 4 rings (SSSR count). The predicted molar refractivity (Wildman–Crippen MR) is 122 cm³/mol. The molecule has 1 aromatic heterocycles. The first-order valence-electron chi connectivity index (χ1n) is 9.95. The minimum absolute atomic E-state index is 0.00296. The van der Waals surface area contributed by atoms with E-state index >= 15 is 0 Å². The van der Waals surface area contributed by atoms with Crippen LogP contribution in [0.3, 0.4) is 0 Å². The van der Waals surface area contributed by atoms with Crippen LogP contribution in [0.1, 0.15) is 12.3 Å². The smallest absolute Gasteiger partial charge is 0.242 e. The summed E-state index contributed by atoms with van der Waals surface area (Å²) < 4.78 is 44.9. The third-order valence-corrected chi connectivity index (χ3v) is 6.92. The summed E-state index contributed by atoms with van der Waals surface area (Å²) >= 11 is 1.52. The van der Waals surface area contributed by atoms with Gasteiger partial charge in [-0.25, -0.2) is 13.4 Å².